The minimum Gasteiger partial charge on any atom is -0.485 e. The van der Waals surface area contributed by atoms with E-state index in [1.54, 1.807) is 29.8 Å². The fourth-order valence-corrected chi connectivity index (χ4v) is 4.21. The molecule has 0 saturated carbocycles. The minimum absolute atomic E-state index is 0.00825. The minimum atomic E-state index is -0.406. The van der Waals surface area contributed by atoms with Gasteiger partial charge in [-0.3, -0.25) is 9.36 Å². The fourth-order valence-electron chi connectivity index (χ4n) is 4.21. The highest BCUT2D eigenvalue weighted by molar-refractivity contribution is 6.03. The van der Waals surface area contributed by atoms with Crippen LogP contribution in [-0.4, -0.2) is 59.0 Å². The smallest absolute Gasteiger partial charge is 0.326 e. The largest absolute Gasteiger partial charge is 0.485 e. The predicted octanol–water partition coefficient (Wildman–Crippen LogP) is -0.303. The van der Waals surface area contributed by atoms with Crippen LogP contribution in [0.5, 0.6) is 5.75 Å². The first-order valence-corrected chi connectivity index (χ1v) is 9.79. The molecule has 1 aromatic heterocycles. The number of aryl methyl sites for hydroxylation is 1. The van der Waals surface area contributed by atoms with E-state index in [0.29, 0.717) is 17.9 Å². The Labute approximate surface area is 167 Å². The summed E-state index contributed by atoms with van der Waals surface area (Å²) >= 11 is 0. The summed E-state index contributed by atoms with van der Waals surface area (Å²) in [4.78, 5) is 32.4. The van der Waals surface area contributed by atoms with Gasteiger partial charge < -0.3 is 19.4 Å². The molecule has 0 spiro atoms. The molecule has 0 radical (unpaired) electrons. The Morgan fingerprint density at radius 1 is 1.28 bits per heavy atom. The van der Waals surface area contributed by atoms with Crippen molar-refractivity contribution in [3.05, 3.63) is 46.0 Å². The Kier molecular flexibility index (Phi) is 4.16. The summed E-state index contributed by atoms with van der Waals surface area (Å²) in [6.45, 7) is 1.26. The number of rotatable bonds is 3. The molecule has 2 atom stereocenters. The SMILES string of the molecule is CN1C=C(c2ccc3c([nH]c(=O)n3C)c2OC2CCCOC2)C2=CC=[NH+]C2C1=O. The highest BCUT2D eigenvalue weighted by Crippen LogP contribution is 2.39. The molecule has 0 aliphatic carbocycles. The standard InChI is InChI=1S/C21H22N4O4/c1-24-10-15(13-7-8-22-17(13)20(24)26)14-5-6-16-18(23-21(27)25(16)2)19(14)29-12-4-3-9-28-11-12/h5-8,10,12,17H,3-4,9,11H2,1-2H3,(H,23,27)/p+1. The van der Waals surface area contributed by atoms with Crippen LogP contribution >= 0.6 is 0 Å². The lowest BCUT2D eigenvalue weighted by Gasteiger charge is -2.28. The fraction of sp³-hybridized carbons (Fsp3) is 0.381. The molecule has 150 valence electrons. The summed E-state index contributed by atoms with van der Waals surface area (Å²) in [6.07, 6.45) is 7.30. The first kappa shape index (κ1) is 17.9. The van der Waals surface area contributed by atoms with Crippen molar-refractivity contribution in [3.63, 3.8) is 0 Å². The van der Waals surface area contributed by atoms with Crippen molar-refractivity contribution in [2.24, 2.45) is 7.05 Å². The molecule has 2 unspecified atom stereocenters. The molecule has 29 heavy (non-hydrogen) atoms. The van der Waals surface area contributed by atoms with Crippen molar-refractivity contribution >= 4 is 28.7 Å². The molecule has 1 saturated heterocycles. The summed E-state index contributed by atoms with van der Waals surface area (Å²) in [6, 6.07) is 3.46. The van der Waals surface area contributed by atoms with Crippen LogP contribution in [0.1, 0.15) is 18.4 Å². The van der Waals surface area contributed by atoms with E-state index in [2.05, 4.69) is 9.98 Å². The van der Waals surface area contributed by atoms with Crippen LogP contribution in [0.4, 0.5) is 0 Å². The van der Waals surface area contributed by atoms with Gasteiger partial charge in [-0.15, -0.1) is 0 Å². The molecule has 5 rings (SSSR count). The van der Waals surface area contributed by atoms with Gasteiger partial charge >= 0.3 is 5.69 Å². The lowest BCUT2D eigenvalue weighted by atomic mass is 9.90. The number of H-pyrrole nitrogens is 1. The number of fused-ring (bicyclic) bond motifs is 2. The van der Waals surface area contributed by atoms with Gasteiger partial charge in [0.05, 0.1) is 12.1 Å². The van der Waals surface area contributed by atoms with Gasteiger partial charge in [0.2, 0.25) is 0 Å². The first-order valence-electron chi connectivity index (χ1n) is 9.79. The third kappa shape index (κ3) is 2.82. The molecule has 1 fully saturated rings. The molecule has 0 bridgehead atoms. The number of likely N-dealkylation sites (N-methyl/N-ethyl adjacent to an activating group) is 1. The molecule has 8 nitrogen and oxygen atoms in total. The monoisotopic (exact) mass is 395 g/mol. The lowest BCUT2D eigenvalue weighted by Crippen LogP contribution is -2.78. The van der Waals surface area contributed by atoms with Gasteiger partial charge in [0.15, 0.2) is 12.0 Å². The first-order chi connectivity index (χ1) is 14.0. The summed E-state index contributed by atoms with van der Waals surface area (Å²) < 4.78 is 13.6. The number of hydrogen-bond donors (Lipinski definition) is 2. The maximum Gasteiger partial charge on any atom is 0.326 e. The van der Waals surface area contributed by atoms with Crippen LogP contribution in [0, 0.1) is 0 Å². The summed E-state index contributed by atoms with van der Waals surface area (Å²) in [5.41, 5.74) is 3.88. The van der Waals surface area contributed by atoms with Gasteiger partial charge in [0, 0.05) is 49.7 Å². The van der Waals surface area contributed by atoms with E-state index in [4.69, 9.17) is 9.47 Å². The zero-order chi connectivity index (χ0) is 20.1. The Morgan fingerprint density at radius 3 is 2.93 bits per heavy atom. The van der Waals surface area contributed by atoms with E-state index in [1.807, 2.05) is 24.4 Å². The molecule has 1 aromatic carbocycles. The number of benzene rings is 1. The van der Waals surface area contributed by atoms with Gasteiger partial charge in [0.25, 0.3) is 11.9 Å². The predicted molar refractivity (Wildman–Crippen MR) is 108 cm³/mol. The van der Waals surface area contributed by atoms with Crippen molar-refractivity contribution in [1.29, 1.82) is 0 Å². The van der Waals surface area contributed by atoms with Crippen LogP contribution in [0.15, 0.2) is 34.8 Å². The van der Waals surface area contributed by atoms with Crippen molar-refractivity contribution < 1.29 is 19.3 Å². The average molecular weight is 395 g/mol. The van der Waals surface area contributed by atoms with Crippen LogP contribution < -0.4 is 15.4 Å². The third-order valence-corrected chi connectivity index (χ3v) is 5.79. The molecule has 4 heterocycles. The quantitative estimate of drug-likeness (QED) is 0.747. The maximum absolute atomic E-state index is 12.5. The zero-order valence-electron chi connectivity index (χ0n) is 16.4. The van der Waals surface area contributed by atoms with Crippen molar-refractivity contribution in [1.82, 2.24) is 14.5 Å². The third-order valence-electron chi connectivity index (χ3n) is 5.79. The van der Waals surface area contributed by atoms with Gasteiger partial charge in [-0.25, -0.2) is 9.79 Å². The molecule has 3 aliphatic rings. The zero-order valence-corrected chi connectivity index (χ0v) is 16.4. The van der Waals surface area contributed by atoms with Crippen LogP contribution in [0.2, 0.25) is 0 Å². The molecular weight excluding hydrogens is 372 g/mol. The van der Waals surface area contributed by atoms with E-state index in [-0.39, 0.29) is 17.7 Å². The average Bonchev–Trinajstić information content (AvgIpc) is 3.32. The van der Waals surface area contributed by atoms with Crippen molar-refractivity contribution in [3.8, 4) is 5.75 Å². The van der Waals surface area contributed by atoms with E-state index in [0.717, 1.165) is 41.7 Å². The number of amides is 1. The number of carbonyl (C=O) groups is 1. The van der Waals surface area contributed by atoms with Gasteiger partial charge in [0.1, 0.15) is 11.6 Å². The van der Waals surface area contributed by atoms with Gasteiger partial charge in [-0.05, 0) is 25.0 Å². The van der Waals surface area contributed by atoms with Crippen LogP contribution in [0.3, 0.4) is 0 Å². The second-order valence-corrected chi connectivity index (χ2v) is 7.66. The second-order valence-electron chi connectivity index (χ2n) is 7.66. The molecule has 8 heteroatoms. The topological polar surface area (TPSA) is 90.5 Å². The van der Waals surface area contributed by atoms with Gasteiger partial charge in [-0.1, -0.05) is 0 Å². The number of nitrogens with one attached hydrogen (secondary N) is 2. The molecule has 1 amide bonds. The van der Waals surface area contributed by atoms with Crippen molar-refractivity contribution in [2.75, 3.05) is 20.3 Å². The molecule has 2 N–H and O–H groups in total. The number of ether oxygens (including phenoxy) is 2. The molecule has 3 aliphatic heterocycles. The van der Waals surface area contributed by atoms with Crippen molar-refractivity contribution in [2.45, 2.75) is 25.0 Å². The van der Waals surface area contributed by atoms with Crippen LogP contribution in [-0.2, 0) is 16.6 Å². The highest BCUT2D eigenvalue weighted by Gasteiger charge is 2.39. The Balaban J connectivity index is 1.69. The van der Waals surface area contributed by atoms with E-state index >= 15 is 0 Å². The Hall–Kier alpha value is -3.13. The van der Waals surface area contributed by atoms with E-state index in [9.17, 15) is 9.59 Å². The lowest BCUT2D eigenvalue weighted by molar-refractivity contribution is -0.467. The van der Waals surface area contributed by atoms with E-state index < -0.39 is 6.04 Å². The number of nitrogens with zero attached hydrogens (tertiary/aromatic N) is 2. The maximum atomic E-state index is 12.5. The van der Waals surface area contributed by atoms with Crippen LogP contribution in [0.25, 0.3) is 16.6 Å². The summed E-state index contributed by atoms with van der Waals surface area (Å²) in [5.74, 6) is 0.613. The number of hydrogen-bond acceptors (Lipinski definition) is 4. The Bertz CT molecular complexity index is 1150. The number of aromatic nitrogens is 2. The van der Waals surface area contributed by atoms with E-state index in [1.165, 1.54) is 0 Å². The normalized spacial score (nSPS) is 23.9. The summed E-state index contributed by atoms with van der Waals surface area (Å²) in [7, 11) is 3.48. The number of imidazole rings is 1. The van der Waals surface area contributed by atoms with Gasteiger partial charge in [-0.2, -0.15) is 0 Å². The number of aromatic amines is 1. The second kappa shape index (κ2) is 6.73. The highest BCUT2D eigenvalue weighted by atomic mass is 16.5. The summed E-state index contributed by atoms with van der Waals surface area (Å²) in [5, 5.41) is 0. The molecular formula is C21H23N4O4+. The number of allylic oxidation sites excluding steroid dienone is 1. The molecule has 2 aromatic rings. The number of carbonyl (C=O) groups excluding carboxylic acids is 1. The Morgan fingerprint density at radius 2 is 2.14 bits per heavy atom.